The summed E-state index contributed by atoms with van der Waals surface area (Å²) in [4.78, 5) is 54.7. The molecule has 4 atom stereocenters. The maximum atomic E-state index is 14.6. The van der Waals surface area contributed by atoms with Gasteiger partial charge in [0.2, 0.25) is 11.8 Å². The zero-order chi connectivity index (χ0) is 33.3. The zero-order valence-corrected chi connectivity index (χ0v) is 27.5. The van der Waals surface area contributed by atoms with Crippen LogP contribution in [0, 0.1) is 30.6 Å². The van der Waals surface area contributed by atoms with Crippen LogP contribution >= 0.6 is 0 Å². The molecule has 11 heteroatoms. The van der Waals surface area contributed by atoms with Crippen molar-refractivity contribution in [1.29, 1.82) is 0 Å². The number of hydrogen-bond donors (Lipinski definition) is 3. The molecule has 1 aromatic carbocycles. The fourth-order valence-corrected chi connectivity index (χ4v) is 8.48. The molecule has 2 unspecified atom stereocenters. The zero-order valence-electron chi connectivity index (χ0n) is 27.5. The number of carboxylic acids is 1. The lowest BCUT2D eigenvalue weighted by molar-refractivity contribution is -0.146. The lowest BCUT2D eigenvalue weighted by Gasteiger charge is -2.38. The van der Waals surface area contributed by atoms with Gasteiger partial charge in [0.1, 0.15) is 30.2 Å². The first-order valence-corrected chi connectivity index (χ1v) is 16.8. The second-order valence-corrected chi connectivity index (χ2v) is 14.6. The molecule has 3 amide bonds. The lowest BCUT2D eigenvalue weighted by Crippen LogP contribution is -2.52. The van der Waals surface area contributed by atoms with Gasteiger partial charge in [-0.15, -0.1) is 0 Å². The van der Waals surface area contributed by atoms with Gasteiger partial charge in [-0.2, -0.15) is 0 Å². The molecule has 2 aromatic rings. The number of rotatable bonds is 8. The molecule has 1 aromatic heterocycles. The molecule has 2 aliphatic carbocycles. The van der Waals surface area contributed by atoms with Crippen molar-refractivity contribution in [3.05, 3.63) is 35.5 Å². The van der Waals surface area contributed by atoms with Crippen molar-refractivity contribution in [3.63, 3.8) is 0 Å². The molecule has 2 saturated carbocycles. The Balaban J connectivity index is 1.46. The summed E-state index contributed by atoms with van der Waals surface area (Å²) in [5.74, 6) is -2.45. The minimum absolute atomic E-state index is 0.110. The Kier molecular flexibility index (Phi) is 9.98. The molecule has 0 bridgehead atoms. The van der Waals surface area contributed by atoms with Crippen molar-refractivity contribution in [2.24, 2.45) is 29.4 Å². The predicted molar refractivity (Wildman–Crippen MR) is 172 cm³/mol. The van der Waals surface area contributed by atoms with Crippen LogP contribution in [0.25, 0.3) is 10.9 Å². The summed E-state index contributed by atoms with van der Waals surface area (Å²) < 4.78 is 21.2. The van der Waals surface area contributed by atoms with Crippen LogP contribution < -0.4 is 11.1 Å². The third kappa shape index (κ3) is 6.74. The van der Waals surface area contributed by atoms with E-state index in [0.29, 0.717) is 43.2 Å². The molecule has 46 heavy (non-hydrogen) atoms. The summed E-state index contributed by atoms with van der Waals surface area (Å²) in [6.45, 7) is 6.27. The van der Waals surface area contributed by atoms with Gasteiger partial charge < -0.3 is 30.4 Å². The lowest BCUT2D eigenvalue weighted by atomic mass is 9.76. The highest BCUT2D eigenvalue weighted by Gasteiger charge is 2.52. The number of para-hydroxylation sites is 1. The topological polar surface area (TPSA) is 144 Å². The Morgan fingerprint density at radius 3 is 2.28 bits per heavy atom. The van der Waals surface area contributed by atoms with E-state index >= 15 is 0 Å². The first kappa shape index (κ1) is 33.7. The van der Waals surface area contributed by atoms with Crippen molar-refractivity contribution in [1.82, 2.24) is 14.8 Å². The summed E-state index contributed by atoms with van der Waals surface area (Å²) >= 11 is 0. The third-order valence-electron chi connectivity index (χ3n) is 10.5. The molecule has 0 spiro atoms. The number of hydrogen-bond acceptors (Lipinski definition) is 5. The van der Waals surface area contributed by atoms with Gasteiger partial charge in [-0.25, -0.2) is 14.0 Å². The number of aryl methyl sites for hydroxylation is 1. The van der Waals surface area contributed by atoms with Crippen molar-refractivity contribution >= 4 is 34.8 Å². The number of aromatic carboxylic acids is 1. The predicted octanol–water partition coefficient (Wildman–Crippen LogP) is 6.10. The Morgan fingerprint density at radius 2 is 1.70 bits per heavy atom. The number of carbonyl (C=O) groups excluding carboxylic acids is 3. The number of carbonyl (C=O) groups is 4. The minimum Gasteiger partial charge on any atom is -0.477 e. The molecule has 252 valence electrons. The molecule has 3 fully saturated rings. The van der Waals surface area contributed by atoms with Crippen LogP contribution in [-0.4, -0.2) is 62.8 Å². The van der Waals surface area contributed by atoms with Gasteiger partial charge in [0.25, 0.3) is 0 Å². The molecule has 3 aliphatic rings. The van der Waals surface area contributed by atoms with Gasteiger partial charge in [-0.05, 0) is 89.2 Å². The second-order valence-electron chi connectivity index (χ2n) is 14.6. The van der Waals surface area contributed by atoms with Crippen LogP contribution in [0.1, 0.15) is 107 Å². The highest BCUT2D eigenvalue weighted by molar-refractivity contribution is 5.98. The summed E-state index contributed by atoms with van der Waals surface area (Å²) in [5, 5.41) is 13.9. The maximum Gasteiger partial charge on any atom is 0.407 e. The van der Waals surface area contributed by atoms with Gasteiger partial charge in [-0.1, -0.05) is 50.3 Å². The van der Waals surface area contributed by atoms with Crippen LogP contribution in [-0.2, 0) is 14.3 Å². The number of halogens is 1. The quantitative estimate of drug-likeness (QED) is 0.318. The molecule has 1 saturated heterocycles. The molecule has 5 rings (SSSR count). The van der Waals surface area contributed by atoms with Crippen molar-refractivity contribution in [3.8, 4) is 0 Å². The average Bonchev–Trinajstić information content (AvgIpc) is 3.55. The number of benzene rings is 1. The van der Waals surface area contributed by atoms with Crippen LogP contribution in [0.5, 0.6) is 0 Å². The standard InChI is InChI=1S/C35H49FN4O6/c1-20-24-12-8-9-13-27(24)39(29(20)33(43)44)28-18-25(21-10-6-5-7-11-21)30(31(37)41)40(28)32(42)23-16-14-22(15-17-23)26(19-36)38-34(45)46-35(2,3)4/h8-9,12-13,21-23,25-26,28,30H,5-7,10-11,14-19H2,1-4H3,(H2,37,41)(H,38,45)(H,43,44)/t22-,23-,25-,26?,28?,30-/m0/s1. The van der Waals surface area contributed by atoms with E-state index in [1.165, 1.54) is 0 Å². The maximum absolute atomic E-state index is 14.6. The third-order valence-corrected chi connectivity index (χ3v) is 10.5. The number of aromatic nitrogens is 1. The molecular weight excluding hydrogens is 591 g/mol. The Morgan fingerprint density at radius 1 is 1.04 bits per heavy atom. The van der Waals surface area contributed by atoms with Gasteiger partial charge in [0.05, 0.1) is 11.6 Å². The Hall–Kier alpha value is -3.63. The van der Waals surface area contributed by atoms with E-state index in [0.717, 1.165) is 37.5 Å². The highest BCUT2D eigenvalue weighted by atomic mass is 19.1. The number of likely N-dealkylation sites (tertiary alicyclic amines) is 1. The fourth-order valence-electron chi connectivity index (χ4n) is 8.48. The number of alkyl carbamates (subject to hydrolysis) is 1. The second kappa shape index (κ2) is 13.6. The van der Waals surface area contributed by atoms with E-state index in [-0.39, 0.29) is 29.4 Å². The Bertz CT molecular complexity index is 1450. The monoisotopic (exact) mass is 640 g/mol. The van der Waals surface area contributed by atoms with E-state index in [1.54, 1.807) is 37.2 Å². The molecule has 2 heterocycles. The summed E-state index contributed by atoms with van der Waals surface area (Å²) in [5.41, 5.74) is 6.84. The van der Waals surface area contributed by atoms with Gasteiger partial charge in [-0.3, -0.25) is 9.59 Å². The van der Waals surface area contributed by atoms with Crippen LogP contribution in [0.3, 0.4) is 0 Å². The largest absolute Gasteiger partial charge is 0.477 e. The van der Waals surface area contributed by atoms with Crippen LogP contribution in [0.15, 0.2) is 24.3 Å². The number of primary amides is 1. The van der Waals surface area contributed by atoms with E-state index in [4.69, 9.17) is 10.5 Å². The van der Waals surface area contributed by atoms with Gasteiger partial charge in [0.15, 0.2) is 0 Å². The van der Waals surface area contributed by atoms with E-state index < -0.39 is 54.4 Å². The van der Waals surface area contributed by atoms with E-state index in [9.17, 15) is 28.7 Å². The smallest absolute Gasteiger partial charge is 0.407 e. The SMILES string of the molecule is Cc1c(C(=O)O)n(C2C[C@@H](C3CCCCC3)[C@@H](C(N)=O)N2C(=O)[C@H]2CC[C@H](C(CF)NC(=O)OC(C)(C)C)CC2)c2ccccc12. The van der Waals surface area contributed by atoms with Crippen molar-refractivity contribution in [2.75, 3.05) is 6.67 Å². The molecule has 4 N–H and O–H groups in total. The first-order chi connectivity index (χ1) is 21.8. The van der Waals surface area contributed by atoms with Crippen molar-refractivity contribution < 1.29 is 33.4 Å². The van der Waals surface area contributed by atoms with Gasteiger partial charge >= 0.3 is 12.1 Å². The summed E-state index contributed by atoms with van der Waals surface area (Å²) in [7, 11) is 0. The van der Waals surface area contributed by atoms with Crippen molar-refractivity contribution in [2.45, 2.75) is 116 Å². The molecule has 1 aliphatic heterocycles. The number of fused-ring (bicyclic) bond motifs is 1. The minimum atomic E-state index is -1.09. The number of alkyl halides is 1. The number of ether oxygens (including phenoxy) is 1. The summed E-state index contributed by atoms with van der Waals surface area (Å²) in [6, 6.07) is 5.88. The van der Waals surface area contributed by atoms with Crippen LogP contribution in [0.4, 0.5) is 9.18 Å². The fraction of sp³-hybridized carbons (Fsp3) is 0.657. The van der Waals surface area contributed by atoms with Gasteiger partial charge in [0, 0.05) is 11.3 Å². The average molecular weight is 641 g/mol. The Labute approximate surface area is 270 Å². The number of nitrogens with two attached hydrogens (primary N) is 1. The van der Waals surface area contributed by atoms with E-state index in [1.807, 2.05) is 24.3 Å². The number of carboxylic acid groups (broad SMARTS) is 1. The first-order valence-electron chi connectivity index (χ1n) is 16.8. The van der Waals surface area contributed by atoms with E-state index in [2.05, 4.69) is 5.32 Å². The molecule has 10 nitrogen and oxygen atoms in total. The van der Waals surface area contributed by atoms with Crippen LogP contribution in [0.2, 0.25) is 0 Å². The molecule has 0 radical (unpaired) electrons. The summed E-state index contributed by atoms with van der Waals surface area (Å²) in [6.07, 6.45) is 6.14. The normalized spacial score (nSPS) is 26.5. The number of nitrogens with zero attached hydrogens (tertiary/aromatic N) is 2. The highest BCUT2D eigenvalue weighted by Crippen LogP contribution is 2.48. The molecular formula is C35H49FN4O6. The number of amides is 3. The number of nitrogens with one attached hydrogen (secondary N) is 1.